The lowest BCUT2D eigenvalue weighted by molar-refractivity contribution is 0.644. The highest BCUT2D eigenvalue weighted by Gasteiger charge is 2.23. The highest BCUT2D eigenvalue weighted by Crippen LogP contribution is 2.19. The predicted octanol–water partition coefficient (Wildman–Crippen LogP) is 3.01. The third kappa shape index (κ3) is 5.24. The lowest BCUT2D eigenvalue weighted by Gasteiger charge is -2.20. The second-order valence-corrected chi connectivity index (χ2v) is 5.88. The number of hydrogen-bond donors (Lipinski definition) is 2. The minimum atomic E-state index is 0.476. The van der Waals surface area contributed by atoms with E-state index in [0.717, 1.165) is 38.6 Å². The zero-order valence-corrected chi connectivity index (χ0v) is 14.0. The summed E-state index contributed by atoms with van der Waals surface area (Å²) in [7, 11) is 0. The molecule has 0 radical (unpaired) electrons. The zero-order chi connectivity index (χ0) is 15.6. The number of nitrogens with one attached hydrogen (secondary N) is 2. The number of benzene rings is 1. The summed E-state index contributed by atoms with van der Waals surface area (Å²) in [6.07, 6.45) is 4.84. The van der Waals surface area contributed by atoms with E-state index in [-0.39, 0.29) is 0 Å². The number of hydrogen-bond acceptors (Lipinski definition) is 2. The van der Waals surface area contributed by atoms with Crippen LogP contribution in [0.1, 0.15) is 39.5 Å². The number of para-hydroxylation sites is 1. The molecule has 1 saturated heterocycles. The maximum absolute atomic E-state index is 4.69. The first kappa shape index (κ1) is 16.7. The maximum atomic E-state index is 4.69. The van der Waals surface area contributed by atoms with E-state index in [1.807, 2.05) is 0 Å². The number of anilines is 1. The fourth-order valence-corrected chi connectivity index (χ4v) is 2.82. The van der Waals surface area contributed by atoms with Crippen molar-refractivity contribution in [1.82, 2.24) is 10.6 Å². The molecular weight excluding hydrogens is 272 g/mol. The Morgan fingerprint density at radius 2 is 2.05 bits per heavy atom. The molecule has 1 aromatic carbocycles. The van der Waals surface area contributed by atoms with Crippen LogP contribution in [0.2, 0.25) is 0 Å². The van der Waals surface area contributed by atoms with Gasteiger partial charge < -0.3 is 15.5 Å². The van der Waals surface area contributed by atoms with E-state index >= 15 is 0 Å². The highest BCUT2D eigenvalue weighted by molar-refractivity contribution is 5.80. The smallest absolute Gasteiger partial charge is 0.191 e. The second kappa shape index (κ2) is 9.34. The molecule has 4 nitrogen and oxygen atoms in total. The minimum absolute atomic E-state index is 0.476. The Balaban J connectivity index is 1.83. The van der Waals surface area contributed by atoms with E-state index in [1.54, 1.807) is 0 Å². The molecule has 2 N–H and O–H groups in total. The van der Waals surface area contributed by atoms with Crippen molar-refractivity contribution in [2.75, 3.05) is 31.1 Å². The molecule has 1 heterocycles. The molecular formula is C18H30N4. The van der Waals surface area contributed by atoms with Crippen LogP contribution in [0.15, 0.2) is 35.3 Å². The number of nitrogens with zero attached hydrogens (tertiary/aromatic N) is 2. The number of rotatable bonds is 7. The normalized spacial score (nSPS) is 18.5. The summed E-state index contributed by atoms with van der Waals surface area (Å²) in [6, 6.07) is 11.1. The van der Waals surface area contributed by atoms with Crippen molar-refractivity contribution in [3.63, 3.8) is 0 Å². The summed E-state index contributed by atoms with van der Waals surface area (Å²) >= 11 is 0. The Bertz CT molecular complexity index is 444. The van der Waals surface area contributed by atoms with Gasteiger partial charge in [-0.15, -0.1) is 0 Å². The van der Waals surface area contributed by atoms with Crippen molar-refractivity contribution < 1.29 is 0 Å². The topological polar surface area (TPSA) is 39.7 Å². The van der Waals surface area contributed by atoms with Crippen LogP contribution in [0.5, 0.6) is 0 Å². The van der Waals surface area contributed by atoms with Gasteiger partial charge in [-0.2, -0.15) is 0 Å². The van der Waals surface area contributed by atoms with Crippen molar-refractivity contribution in [2.24, 2.45) is 4.99 Å². The van der Waals surface area contributed by atoms with E-state index in [9.17, 15) is 0 Å². The molecule has 1 aromatic rings. The molecule has 1 unspecified atom stereocenters. The lowest BCUT2D eigenvalue weighted by Crippen LogP contribution is -2.44. The standard InChI is InChI=1S/C18H30N4/c1-3-5-9-13-20-18(19-4-2)21-16-12-14-22(15-16)17-10-7-6-8-11-17/h6-8,10-11,16H,3-5,9,12-15H2,1-2H3,(H2,19,20,21). The van der Waals surface area contributed by atoms with Gasteiger partial charge in [0.1, 0.15) is 0 Å². The first-order valence-electron chi connectivity index (χ1n) is 8.68. The Hall–Kier alpha value is -1.71. The van der Waals surface area contributed by atoms with Crippen molar-refractivity contribution in [3.05, 3.63) is 30.3 Å². The summed E-state index contributed by atoms with van der Waals surface area (Å²) in [6.45, 7) is 8.32. The zero-order valence-electron chi connectivity index (χ0n) is 14.0. The lowest BCUT2D eigenvalue weighted by atomic mass is 10.2. The molecule has 2 rings (SSSR count). The molecule has 1 atom stereocenters. The van der Waals surface area contributed by atoms with Crippen molar-refractivity contribution >= 4 is 11.6 Å². The first-order chi connectivity index (χ1) is 10.8. The van der Waals surface area contributed by atoms with Crippen LogP contribution in [0.4, 0.5) is 5.69 Å². The average molecular weight is 302 g/mol. The molecule has 0 aromatic heterocycles. The molecule has 0 amide bonds. The van der Waals surface area contributed by atoms with Gasteiger partial charge >= 0.3 is 0 Å². The summed E-state index contributed by atoms with van der Waals surface area (Å²) in [5.41, 5.74) is 1.32. The van der Waals surface area contributed by atoms with Gasteiger partial charge in [0.15, 0.2) is 5.96 Å². The number of guanidine groups is 1. The van der Waals surface area contributed by atoms with Crippen LogP contribution in [-0.4, -0.2) is 38.2 Å². The molecule has 1 aliphatic rings. The van der Waals surface area contributed by atoms with E-state index in [1.165, 1.54) is 24.9 Å². The van der Waals surface area contributed by atoms with E-state index in [2.05, 4.69) is 64.7 Å². The first-order valence-corrected chi connectivity index (χ1v) is 8.68. The summed E-state index contributed by atoms with van der Waals surface area (Å²) < 4.78 is 0. The predicted molar refractivity (Wildman–Crippen MR) is 95.7 cm³/mol. The van der Waals surface area contributed by atoms with Crippen LogP contribution in [-0.2, 0) is 0 Å². The maximum Gasteiger partial charge on any atom is 0.191 e. The average Bonchev–Trinajstić information content (AvgIpc) is 3.01. The Morgan fingerprint density at radius 1 is 1.23 bits per heavy atom. The van der Waals surface area contributed by atoms with Crippen LogP contribution in [0.25, 0.3) is 0 Å². The number of aliphatic imine (C=N–C) groups is 1. The van der Waals surface area contributed by atoms with E-state index in [4.69, 9.17) is 0 Å². The molecule has 1 fully saturated rings. The monoisotopic (exact) mass is 302 g/mol. The van der Waals surface area contributed by atoms with Gasteiger partial charge in [0, 0.05) is 37.9 Å². The molecule has 0 saturated carbocycles. The molecule has 4 heteroatoms. The molecule has 0 spiro atoms. The molecule has 0 bridgehead atoms. The summed E-state index contributed by atoms with van der Waals surface area (Å²) in [5.74, 6) is 0.971. The Morgan fingerprint density at radius 3 is 2.77 bits per heavy atom. The van der Waals surface area contributed by atoms with Crippen molar-refractivity contribution in [1.29, 1.82) is 0 Å². The number of unbranched alkanes of at least 4 members (excludes halogenated alkanes) is 2. The summed E-state index contributed by atoms with van der Waals surface area (Å²) in [4.78, 5) is 7.13. The van der Waals surface area contributed by atoms with Gasteiger partial charge in [0.25, 0.3) is 0 Å². The van der Waals surface area contributed by atoms with Gasteiger partial charge in [-0.05, 0) is 31.9 Å². The van der Waals surface area contributed by atoms with E-state index in [0.29, 0.717) is 6.04 Å². The largest absolute Gasteiger partial charge is 0.369 e. The summed E-state index contributed by atoms with van der Waals surface area (Å²) in [5, 5.41) is 6.95. The van der Waals surface area contributed by atoms with Crippen LogP contribution < -0.4 is 15.5 Å². The highest BCUT2D eigenvalue weighted by atomic mass is 15.2. The fraction of sp³-hybridized carbons (Fsp3) is 0.611. The van der Waals surface area contributed by atoms with Gasteiger partial charge in [0.05, 0.1) is 0 Å². The molecule has 22 heavy (non-hydrogen) atoms. The second-order valence-electron chi connectivity index (χ2n) is 5.88. The van der Waals surface area contributed by atoms with Gasteiger partial charge in [-0.25, -0.2) is 0 Å². The Labute approximate surface area is 135 Å². The fourth-order valence-electron chi connectivity index (χ4n) is 2.82. The molecule has 122 valence electrons. The van der Waals surface area contributed by atoms with Crippen molar-refractivity contribution in [3.8, 4) is 0 Å². The SMILES string of the molecule is CCCCCN=C(NCC)NC1CCN(c2ccccc2)C1. The van der Waals surface area contributed by atoms with Crippen LogP contribution in [0, 0.1) is 0 Å². The quantitative estimate of drug-likeness (QED) is 0.462. The van der Waals surface area contributed by atoms with Crippen LogP contribution >= 0.6 is 0 Å². The molecule has 0 aliphatic carbocycles. The van der Waals surface area contributed by atoms with E-state index < -0.39 is 0 Å². The Kier molecular flexibility index (Phi) is 7.07. The minimum Gasteiger partial charge on any atom is -0.369 e. The molecule has 1 aliphatic heterocycles. The van der Waals surface area contributed by atoms with Gasteiger partial charge in [0.2, 0.25) is 0 Å². The van der Waals surface area contributed by atoms with Crippen molar-refractivity contribution in [2.45, 2.75) is 45.6 Å². The third-order valence-corrected chi connectivity index (χ3v) is 4.03. The van der Waals surface area contributed by atoms with Crippen LogP contribution in [0.3, 0.4) is 0 Å². The van der Waals surface area contributed by atoms with Gasteiger partial charge in [-0.3, -0.25) is 4.99 Å². The third-order valence-electron chi connectivity index (χ3n) is 4.03. The van der Waals surface area contributed by atoms with Gasteiger partial charge in [-0.1, -0.05) is 38.0 Å².